The summed E-state index contributed by atoms with van der Waals surface area (Å²) in [7, 11) is 1.49. The fourth-order valence-corrected chi connectivity index (χ4v) is 2.17. The van der Waals surface area contributed by atoms with Crippen LogP contribution in [0.25, 0.3) is 0 Å². The van der Waals surface area contributed by atoms with Gasteiger partial charge in [0.05, 0.1) is 0 Å². The Hall–Kier alpha value is -3.82. The molecule has 0 atom stereocenters. The molecule has 0 saturated carbocycles. The van der Waals surface area contributed by atoms with Gasteiger partial charge in [0.1, 0.15) is 29.5 Å². The number of hydrogen-bond donors (Lipinski definition) is 3. The number of anilines is 3. The first kappa shape index (κ1) is 18.0. The largest absolute Gasteiger partial charge is 0.368 e. The lowest BCUT2D eigenvalue weighted by atomic mass is 10.3. The summed E-state index contributed by atoms with van der Waals surface area (Å²) in [5.41, 5.74) is -0.0897. The number of pyridine rings is 1. The second-order valence-electron chi connectivity index (χ2n) is 5.49. The monoisotopic (exact) mass is 366 g/mol. The lowest BCUT2D eigenvalue weighted by Gasteiger charge is -2.09. The first-order chi connectivity index (χ1) is 13.1. The summed E-state index contributed by atoms with van der Waals surface area (Å²) >= 11 is 0. The lowest BCUT2D eigenvalue weighted by molar-refractivity contribution is 0.0948. The van der Waals surface area contributed by atoms with E-state index in [0.29, 0.717) is 30.5 Å². The molecule has 0 unspecified atom stereocenters. The Labute approximate surface area is 154 Å². The number of rotatable bonds is 7. The zero-order chi connectivity index (χ0) is 19.1. The van der Waals surface area contributed by atoms with Crippen molar-refractivity contribution in [1.82, 2.24) is 30.0 Å². The topological polar surface area (TPSA) is 127 Å². The predicted octanol–water partition coefficient (Wildman–Crippen LogP) is 0.551. The van der Waals surface area contributed by atoms with E-state index in [-0.39, 0.29) is 17.2 Å². The molecular weight excluding hydrogens is 348 g/mol. The van der Waals surface area contributed by atoms with Crippen LogP contribution in [0.15, 0.2) is 53.7 Å². The summed E-state index contributed by atoms with van der Waals surface area (Å²) in [5.74, 6) is 1.54. The second-order valence-corrected chi connectivity index (χ2v) is 5.49. The summed E-state index contributed by atoms with van der Waals surface area (Å²) in [5, 5.41) is 12.8. The number of aryl methyl sites for hydroxylation is 1. The Balaban J connectivity index is 1.49. The van der Waals surface area contributed by atoms with Crippen molar-refractivity contribution in [2.45, 2.75) is 0 Å². The van der Waals surface area contributed by atoms with Crippen molar-refractivity contribution in [2.24, 2.45) is 7.05 Å². The van der Waals surface area contributed by atoms with Crippen LogP contribution in [0.2, 0.25) is 0 Å². The minimum Gasteiger partial charge on any atom is -0.368 e. The molecule has 3 aromatic rings. The number of carbonyl (C=O) groups excluding carboxylic acids is 1. The molecule has 10 nitrogen and oxygen atoms in total. The zero-order valence-electron chi connectivity index (χ0n) is 14.6. The van der Waals surface area contributed by atoms with Gasteiger partial charge in [0.2, 0.25) is 0 Å². The number of aromatic nitrogens is 5. The van der Waals surface area contributed by atoms with Crippen LogP contribution in [0.3, 0.4) is 0 Å². The van der Waals surface area contributed by atoms with Crippen molar-refractivity contribution in [3.05, 3.63) is 65.0 Å². The van der Waals surface area contributed by atoms with Gasteiger partial charge in [-0.05, 0) is 18.2 Å². The van der Waals surface area contributed by atoms with Crippen molar-refractivity contribution >= 4 is 23.4 Å². The maximum Gasteiger partial charge on any atom is 0.271 e. The van der Waals surface area contributed by atoms with Crippen LogP contribution in [0, 0.1) is 0 Å². The molecule has 27 heavy (non-hydrogen) atoms. The van der Waals surface area contributed by atoms with Crippen molar-refractivity contribution < 1.29 is 4.79 Å². The fourth-order valence-electron chi connectivity index (χ4n) is 2.17. The smallest absolute Gasteiger partial charge is 0.271 e. The number of nitrogens with zero attached hydrogens (tertiary/aromatic N) is 5. The van der Waals surface area contributed by atoms with Gasteiger partial charge in [-0.3, -0.25) is 9.59 Å². The number of amides is 1. The Bertz CT molecular complexity index is 974. The number of hydrogen-bond acceptors (Lipinski definition) is 8. The van der Waals surface area contributed by atoms with E-state index in [9.17, 15) is 9.59 Å². The van der Waals surface area contributed by atoms with Crippen LogP contribution < -0.4 is 21.5 Å². The standard InChI is InChI=1S/C17H18N8O2/c1-25-16(26)6-5-12(24-25)17(27)20-9-8-19-14-10-15(22-11-21-14)23-13-4-2-3-7-18-13/h2-7,10-11H,8-9H2,1H3,(H,20,27)(H2,18,19,21,22,23). The van der Waals surface area contributed by atoms with E-state index in [1.54, 1.807) is 12.3 Å². The minimum atomic E-state index is -0.354. The summed E-state index contributed by atoms with van der Waals surface area (Å²) in [6, 6.07) is 9.97. The van der Waals surface area contributed by atoms with Gasteiger partial charge in [0, 0.05) is 38.5 Å². The normalized spacial score (nSPS) is 10.3. The van der Waals surface area contributed by atoms with Gasteiger partial charge in [-0.2, -0.15) is 5.10 Å². The number of carbonyl (C=O) groups is 1. The van der Waals surface area contributed by atoms with Gasteiger partial charge in [0.25, 0.3) is 11.5 Å². The third-order valence-corrected chi connectivity index (χ3v) is 3.50. The van der Waals surface area contributed by atoms with Crippen molar-refractivity contribution in [1.29, 1.82) is 0 Å². The molecular formula is C17H18N8O2. The molecule has 3 heterocycles. The highest BCUT2D eigenvalue weighted by Crippen LogP contribution is 2.13. The molecule has 0 aromatic carbocycles. The summed E-state index contributed by atoms with van der Waals surface area (Å²) in [4.78, 5) is 35.8. The van der Waals surface area contributed by atoms with E-state index < -0.39 is 0 Å². The van der Waals surface area contributed by atoms with E-state index >= 15 is 0 Å². The Morgan fingerprint density at radius 2 is 1.89 bits per heavy atom. The molecule has 0 saturated heterocycles. The Morgan fingerprint density at radius 3 is 2.67 bits per heavy atom. The van der Waals surface area contributed by atoms with Crippen LogP contribution in [-0.2, 0) is 7.05 Å². The fraction of sp³-hybridized carbons (Fsp3) is 0.176. The van der Waals surface area contributed by atoms with E-state index in [1.165, 1.54) is 25.5 Å². The van der Waals surface area contributed by atoms with E-state index in [2.05, 4.69) is 36.0 Å². The van der Waals surface area contributed by atoms with Gasteiger partial charge in [-0.25, -0.2) is 19.6 Å². The second kappa shape index (κ2) is 8.52. The highest BCUT2D eigenvalue weighted by Gasteiger charge is 2.07. The molecule has 0 aliphatic carbocycles. The van der Waals surface area contributed by atoms with Crippen LogP contribution in [0.4, 0.5) is 17.5 Å². The third kappa shape index (κ3) is 5.08. The quantitative estimate of drug-likeness (QED) is 0.518. The van der Waals surface area contributed by atoms with Crippen LogP contribution in [-0.4, -0.2) is 43.7 Å². The average molecular weight is 366 g/mol. The molecule has 0 aliphatic heterocycles. The van der Waals surface area contributed by atoms with E-state index in [0.717, 1.165) is 4.68 Å². The highest BCUT2D eigenvalue weighted by molar-refractivity contribution is 5.91. The molecule has 0 spiro atoms. The van der Waals surface area contributed by atoms with Crippen LogP contribution in [0.5, 0.6) is 0 Å². The molecule has 3 N–H and O–H groups in total. The Kier molecular flexibility index (Phi) is 5.67. The minimum absolute atomic E-state index is 0.181. The van der Waals surface area contributed by atoms with E-state index in [4.69, 9.17) is 0 Å². The molecule has 10 heteroatoms. The first-order valence-corrected chi connectivity index (χ1v) is 8.18. The molecule has 0 fully saturated rings. The molecule has 3 aromatic heterocycles. The van der Waals surface area contributed by atoms with Gasteiger partial charge < -0.3 is 16.0 Å². The Morgan fingerprint density at radius 1 is 1.04 bits per heavy atom. The highest BCUT2D eigenvalue weighted by atomic mass is 16.2. The summed E-state index contributed by atoms with van der Waals surface area (Å²) in [6.07, 6.45) is 3.12. The van der Waals surface area contributed by atoms with Gasteiger partial charge >= 0.3 is 0 Å². The maximum atomic E-state index is 12.0. The van der Waals surface area contributed by atoms with Crippen LogP contribution >= 0.6 is 0 Å². The van der Waals surface area contributed by atoms with Crippen molar-refractivity contribution in [3.63, 3.8) is 0 Å². The van der Waals surface area contributed by atoms with Crippen LogP contribution in [0.1, 0.15) is 10.5 Å². The van der Waals surface area contributed by atoms with Gasteiger partial charge in [0.15, 0.2) is 0 Å². The maximum absolute atomic E-state index is 12.0. The van der Waals surface area contributed by atoms with Gasteiger partial charge in [-0.1, -0.05) is 6.07 Å². The summed E-state index contributed by atoms with van der Waals surface area (Å²) < 4.78 is 1.12. The summed E-state index contributed by atoms with van der Waals surface area (Å²) in [6.45, 7) is 0.813. The first-order valence-electron chi connectivity index (χ1n) is 8.18. The van der Waals surface area contributed by atoms with Crippen molar-refractivity contribution in [3.8, 4) is 0 Å². The molecule has 1 amide bonds. The van der Waals surface area contributed by atoms with Crippen molar-refractivity contribution in [2.75, 3.05) is 23.7 Å². The molecule has 0 radical (unpaired) electrons. The van der Waals surface area contributed by atoms with E-state index in [1.807, 2.05) is 18.2 Å². The molecule has 0 bridgehead atoms. The lowest BCUT2D eigenvalue weighted by Crippen LogP contribution is -2.31. The third-order valence-electron chi connectivity index (χ3n) is 3.50. The molecule has 0 aliphatic rings. The average Bonchev–Trinajstić information content (AvgIpc) is 2.68. The molecule has 138 valence electrons. The zero-order valence-corrected chi connectivity index (χ0v) is 14.6. The number of nitrogens with one attached hydrogen (secondary N) is 3. The predicted molar refractivity (Wildman–Crippen MR) is 99.9 cm³/mol. The SMILES string of the molecule is Cn1nc(C(=O)NCCNc2cc(Nc3ccccn3)ncn2)ccc1=O. The van der Waals surface area contributed by atoms with Gasteiger partial charge in [-0.15, -0.1) is 0 Å². The molecule has 3 rings (SSSR count).